The number of phenolic OH excluding ortho intramolecular Hbond substituents is 1. The molecule has 230 valence electrons. The number of nitrogens with one attached hydrogen (secondary N) is 1. The van der Waals surface area contributed by atoms with E-state index in [2.05, 4.69) is 16.9 Å². The predicted molar refractivity (Wildman–Crippen MR) is 165 cm³/mol. The number of aliphatic hydroxyl groups excluding tert-OH is 3. The Hall–Kier alpha value is -3.07. The number of phenols is 1. The van der Waals surface area contributed by atoms with Gasteiger partial charge in [0.15, 0.2) is 11.5 Å². The summed E-state index contributed by atoms with van der Waals surface area (Å²) in [5.41, 5.74) is 8.94. The number of nitrogens with two attached hydrogens (primary N) is 1. The molecule has 4 rings (SSSR count). The van der Waals surface area contributed by atoms with E-state index in [-0.39, 0.29) is 24.2 Å². The van der Waals surface area contributed by atoms with Crippen molar-refractivity contribution in [1.82, 2.24) is 9.97 Å². The minimum absolute atomic E-state index is 0.000630. The first kappa shape index (κ1) is 31.9. The zero-order valence-electron chi connectivity index (χ0n) is 24.9. The molecule has 2 heterocycles. The van der Waals surface area contributed by atoms with Crippen molar-refractivity contribution in [3.05, 3.63) is 71.7 Å². The number of anilines is 1. The number of pyridine rings is 1. The van der Waals surface area contributed by atoms with E-state index in [1.807, 2.05) is 36.5 Å². The molecule has 1 fully saturated rings. The lowest BCUT2D eigenvalue weighted by Crippen LogP contribution is -2.26. The zero-order valence-corrected chi connectivity index (χ0v) is 24.9. The van der Waals surface area contributed by atoms with Gasteiger partial charge in [0.05, 0.1) is 18.8 Å². The summed E-state index contributed by atoms with van der Waals surface area (Å²) in [5, 5.41) is 42.3. The summed E-state index contributed by atoms with van der Waals surface area (Å²) in [6.07, 6.45) is 11.5. The lowest BCUT2D eigenvalue weighted by atomic mass is 9.89. The number of ether oxygens (including phenoxy) is 1. The fraction of sp³-hybridized carbons (Fsp3) is 0.559. The average Bonchev–Trinajstić information content (AvgIpc) is 3.38. The van der Waals surface area contributed by atoms with E-state index < -0.39 is 18.3 Å². The maximum Gasteiger partial charge on any atom is 0.161 e. The van der Waals surface area contributed by atoms with Gasteiger partial charge in [-0.05, 0) is 110 Å². The molecule has 1 aromatic carbocycles. The standard InChI is InChI=1S/C34H49N3O5/c1-2-23-5-3-6-25(11-8-23)32(41)21-29(39)12-9-24-10-13-31(40)33(17-24)42-30(22-38)19-27(18-28-7-4-15-36-28)26-14-16-37-34(35)20-26/h4,7,10,13-17,20,23,25,27,29-30,32,36,38-41H,2-3,5-6,8-9,11-12,18-19,21-22H2,1H3,(H2,35,37). The van der Waals surface area contributed by atoms with Gasteiger partial charge < -0.3 is 35.9 Å². The first-order chi connectivity index (χ1) is 20.3. The number of H-pyrrole nitrogens is 1. The Labute approximate surface area is 250 Å². The van der Waals surface area contributed by atoms with E-state index in [4.69, 9.17) is 10.5 Å². The Kier molecular flexibility index (Phi) is 12.1. The third kappa shape index (κ3) is 9.48. The number of aromatic amines is 1. The van der Waals surface area contributed by atoms with Crippen molar-refractivity contribution in [3.63, 3.8) is 0 Å². The second kappa shape index (κ2) is 16.0. The predicted octanol–water partition coefficient (Wildman–Crippen LogP) is 5.50. The number of benzene rings is 1. The summed E-state index contributed by atoms with van der Waals surface area (Å²) < 4.78 is 6.16. The SMILES string of the molecule is CCC1CCCC(C(O)CC(O)CCc2ccc(O)c(OC(CO)CC(Cc3ccc[nH]3)c3ccnc(N)c3)c2)CC1. The van der Waals surface area contributed by atoms with Crippen LogP contribution in [0.3, 0.4) is 0 Å². The van der Waals surface area contributed by atoms with Gasteiger partial charge in [-0.1, -0.05) is 38.7 Å². The van der Waals surface area contributed by atoms with Crippen LogP contribution in [0.4, 0.5) is 5.82 Å². The highest BCUT2D eigenvalue weighted by molar-refractivity contribution is 5.42. The van der Waals surface area contributed by atoms with Crippen LogP contribution in [0.1, 0.15) is 87.4 Å². The maximum atomic E-state index is 10.8. The summed E-state index contributed by atoms with van der Waals surface area (Å²) in [6.45, 7) is 2.03. The Balaban J connectivity index is 1.34. The van der Waals surface area contributed by atoms with Crippen LogP contribution in [-0.4, -0.2) is 55.3 Å². The third-order valence-electron chi connectivity index (χ3n) is 9.01. The van der Waals surface area contributed by atoms with Gasteiger partial charge >= 0.3 is 0 Å². The van der Waals surface area contributed by atoms with Gasteiger partial charge in [-0.3, -0.25) is 0 Å². The van der Waals surface area contributed by atoms with E-state index >= 15 is 0 Å². The average molecular weight is 580 g/mol. The number of aromatic hydroxyl groups is 1. The second-order valence-electron chi connectivity index (χ2n) is 12.1. The number of aliphatic hydroxyl groups is 3. The Bertz CT molecular complexity index is 1200. The van der Waals surface area contributed by atoms with Gasteiger partial charge in [-0.15, -0.1) is 0 Å². The lowest BCUT2D eigenvalue weighted by molar-refractivity contribution is 0.0352. The molecule has 42 heavy (non-hydrogen) atoms. The molecule has 7 N–H and O–H groups in total. The fourth-order valence-corrected chi connectivity index (χ4v) is 6.40. The molecule has 0 amide bonds. The molecule has 0 saturated heterocycles. The fourth-order valence-electron chi connectivity index (χ4n) is 6.40. The van der Waals surface area contributed by atoms with Crippen LogP contribution in [0.15, 0.2) is 54.9 Å². The normalized spacial score (nSPS) is 20.4. The molecule has 0 spiro atoms. The number of rotatable bonds is 15. The van der Waals surface area contributed by atoms with Crippen molar-refractivity contribution >= 4 is 5.82 Å². The second-order valence-corrected chi connectivity index (χ2v) is 12.1. The van der Waals surface area contributed by atoms with Crippen LogP contribution in [0.5, 0.6) is 11.5 Å². The number of aryl methyl sites for hydroxylation is 1. The first-order valence-corrected chi connectivity index (χ1v) is 15.6. The molecule has 8 heteroatoms. The van der Waals surface area contributed by atoms with Gasteiger partial charge in [0.1, 0.15) is 11.9 Å². The molecule has 6 unspecified atom stereocenters. The summed E-state index contributed by atoms with van der Waals surface area (Å²) in [7, 11) is 0. The smallest absolute Gasteiger partial charge is 0.161 e. The monoisotopic (exact) mass is 579 g/mol. The van der Waals surface area contributed by atoms with E-state index in [0.29, 0.717) is 43.7 Å². The summed E-state index contributed by atoms with van der Waals surface area (Å²) >= 11 is 0. The number of nitrogens with zero attached hydrogens (tertiary/aromatic N) is 1. The topological polar surface area (TPSA) is 145 Å². The van der Waals surface area contributed by atoms with E-state index in [1.165, 1.54) is 19.3 Å². The molecule has 3 aromatic rings. The first-order valence-electron chi connectivity index (χ1n) is 15.6. The molecule has 6 atom stereocenters. The van der Waals surface area contributed by atoms with E-state index in [0.717, 1.165) is 42.0 Å². The lowest BCUT2D eigenvalue weighted by Gasteiger charge is -2.25. The van der Waals surface area contributed by atoms with Crippen molar-refractivity contribution in [1.29, 1.82) is 0 Å². The number of hydrogen-bond donors (Lipinski definition) is 6. The van der Waals surface area contributed by atoms with Crippen molar-refractivity contribution in [2.45, 2.75) is 102 Å². The Morgan fingerprint density at radius 2 is 1.93 bits per heavy atom. The van der Waals surface area contributed by atoms with Crippen molar-refractivity contribution in [3.8, 4) is 11.5 Å². The van der Waals surface area contributed by atoms with Crippen molar-refractivity contribution < 1.29 is 25.2 Å². The van der Waals surface area contributed by atoms with Gasteiger partial charge in [-0.25, -0.2) is 4.98 Å². The van der Waals surface area contributed by atoms with E-state index in [9.17, 15) is 20.4 Å². The molecule has 0 aliphatic heterocycles. The summed E-state index contributed by atoms with van der Waals surface area (Å²) in [5.74, 6) is 1.77. The molecule has 8 nitrogen and oxygen atoms in total. The maximum absolute atomic E-state index is 10.8. The molecule has 0 radical (unpaired) electrons. The van der Waals surface area contributed by atoms with E-state index in [1.54, 1.807) is 18.3 Å². The van der Waals surface area contributed by atoms with Crippen molar-refractivity contribution in [2.24, 2.45) is 11.8 Å². The van der Waals surface area contributed by atoms with Crippen LogP contribution in [0, 0.1) is 11.8 Å². The Morgan fingerprint density at radius 1 is 1.07 bits per heavy atom. The zero-order chi connectivity index (χ0) is 29.9. The van der Waals surface area contributed by atoms with Gasteiger partial charge in [-0.2, -0.15) is 0 Å². The van der Waals surface area contributed by atoms with Crippen LogP contribution in [0.2, 0.25) is 0 Å². The molecular formula is C34H49N3O5. The minimum atomic E-state index is -0.602. The Morgan fingerprint density at radius 3 is 2.67 bits per heavy atom. The third-order valence-corrected chi connectivity index (χ3v) is 9.01. The molecule has 0 bridgehead atoms. The van der Waals surface area contributed by atoms with Crippen LogP contribution in [0.25, 0.3) is 0 Å². The molecule has 1 aliphatic carbocycles. The highest BCUT2D eigenvalue weighted by Gasteiger charge is 2.26. The van der Waals surface area contributed by atoms with Gasteiger partial charge in [0.25, 0.3) is 0 Å². The van der Waals surface area contributed by atoms with Crippen LogP contribution < -0.4 is 10.5 Å². The van der Waals surface area contributed by atoms with Gasteiger partial charge in [0.2, 0.25) is 0 Å². The summed E-state index contributed by atoms with van der Waals surface area (Å²) in [4.78, 5) is 7.35. The van der Waals surface area contributed by atoms with Gasteiger partial charge in [0, 0.05) is 18.1 Å². The molecule has 2 aromatic heterocycles. The number of aromatic nitrogens is 2. The highest BCUT2D eigenvalue weighted by atomic mass is 16.5. The van der Waals surface area contributed by atoms with Crippen LogP contribution in [-0.2, 0) is 12.8 Å². The largest absolute Gasteiger partial charge is 0.504 e. The van der Waals surface area contributed by atoms with Crippen LogP contribution >= 0.6 is 0 Å². The summed E-state index contributed by atoms with van der Waals surface area (Å²) in [6, 6.07) is 12.9. The quantitative estimate of drug-likeness (QED) is 0.130. The molecule has 1 aliphatic rings. The highest BCUT2D eigenvalue weighted by Crippen LogP contribution is 2.34. The molecular weight excluding hydrogens is 530 g/mol. The van der Waals surface area contributed by atoms with Crippen molar-refractivity contribution in [2.75, 3.05) is 12.3 Å². The minimum Gasteiger partial charge on any atom is -0.504 e. The number of nitrogen functional groups attached to an aromatic ring is 1. The molecule has 1 saturated carbocycles. The number of hydrogen-bond acceptors (Lipinski definition) is 7.